The average Bonchev–Trinajstić information content (AvgIpc) is 2.75. The van der Waals surface area contributed by atoms with Crippen LogP contribution in [0.5, 0.6) is 0 Å². The fraction of sp³-hybridized carbons (Fsp3) is 1.00. The molecule has 30 heavy (non-hydrogen) atoms. The van der Waals surface area contributed by atoms with Crippen LogP contribution in [0.2, 0.25) is 0 Å². The van der Waals surface area contributed by atoms with Gasteiger partial charge in [-0.2, -0.15) is 0 Å². The summed E-state index contributed by atoms with van der Waals surface area (Å²) in [4.78, 5) is 0. The fourth-order valence-electron chi connectivity index (χ4n) is 4.33. The minimum Gasteiger partial charge on any atom is -0.616 e. The Labute approximate surface area is 192 Å². The van der Waals surface area contributed by atoms with E-state index in [0.717, 1.165) is 25.7 Å². The maximum atomic E-state index is 13.2. The Morgan fingerprint density at radius 1 is 0.500 bits per heavy atom. The Morgan fingerprint density at radius 2 is 0.800 bits per heavy atom. The highest BCUT2D eigenvalue weighted by Crippen LogP contribution is 2.25. The van der Waals surface area contributed by atoms with E-state index >= 15 is 0 Å². The van der Waals surface area contributed by atoms with Crippen LogP contribution in [0.25, 0.3) is 0 Å². The number of rotatable bonds is 24. The molecule has 0 aromatic heterocycles. The molecule has 0 bridgehead atoms. The van der Waals surface area contributed by atoms with Gasteiger partial charge in [-0.05, 0) is 36.9 Å². The molecule has 0 aromatic carbocycles. The lowest BCUT2D eigenvalue weighted by atomic mass is 10.1. The summed E-state index contributed by atoms with van der Waals surface area (Å²) in [5.74, 6) is 0. The van der Waals surface area contributed by atoms with Crippen LogP contribution in [0.1, 0.15) is 142 Å². The maximum absolute atomic E-state index is 13.2. The normalized spacial score (nSPS) is 14.7. The Morgan fingerprint density at radius 3 is 1.10 bits per heavy atom. The Balaban J connectivity index is 4.14. The molecule has 2 N–H and O–H groups in total. The van der Waals surface area contributed by atoms with E-state index < -0.39 is 11.2 Å². The molecule has 0 fully saturated rings. The highest BCUT2D eigenvalue weighted by atomic mass is 32.2. The summed E-state index contributed by atoms with van der Waals surface area (Å²) in [6.07, 6.45) is 23.8. The minimum atomic E-state index is -0.938. The second-order valence-electron chi connectivity index (χ2n) is 9.12. The van der Waals surface area contributed by atoms with Crippen molar-refractivity contribution in [2.75, 3.05) is 13.2 Å². The average molecular weight is 447 g/mol. The van der Waals surface area contributed by atoms with E-state index in [1.807, 2.05) is 0 Å². The van der Waals surface area contributed by atoms with E-state index in [-0.39, 0.29) is 23.7 Å². The molecular weight excluding hydrogens is 392 g/mol. The molecule has 0 aromatic rings. The Hall–Kier alpha value is 0.230. The van der Waals surface area contributed by atoms with Crippen LogP contribution in [0.4, 0.5) is 0 Å². The molecule has 4 heteroatoms. The summed E-state index contributed by atoms with van der Waals surface area (Å²) in [6.45, 7) is 4.74. The number of hydrogen-bond acceptors (Lipinski definition) is 3. The Bertz CT molecular complexity index is 297. The van der Waals surface area contributed by atoms with E-state index in [0.29, 0.717) is 12.8 Å². The second kappa shape index (κ2) is 23.9. The van der Waals surface area contributed by atoms with E-state index in [2.05, 4.69) is 13.8 Å². The standard InChI is InChI=1S/C26H54O3S/c1-3-5-7-9-11-13-15-17-19-25(21-23-27)30(29)26(22-24-28)20-18-16-14-12-10-8-6-4-2/h25-28H,3-24H2,1-2H3. The highest BCUT2D eigenvalue weighted by Gasteiger charge is 2.29. The van der Waals surface area contributed by atoms with Gasteiger partial charge < -0.3 is 14.8 Å². The van der Waals surface area contributed by atoms with Crippen LogP contribution in [0.3, 0.4) is 0 Å². The van der Waals surface area contributed by atoms with E-state index in [4.69, 9.17) is 0 Å². The predicted octanol–water partition coefficient (Wildman–Crippen LogP) is 7.30. The van der Waals surface area contributed by atoms with Gasteiger partial charge in [-0.25, -0.2) is 0 Å². The van der Waals surface area contributed by atoms with Crippen molar-refractivity contribution < 1.29 is 14.8 Å². The lowest BCUT2D eigenvalue weighted by Gasteiger charge is -2.28. The van der Waals surface area contributed by atoms with Crippen LogP contribution in [0.15, 0.2) is 0 Å². The van der Waals surface area contributed by atoms with Crippen molar-refractivity contribution in [1.82, 2.24) is 0 Å². The largest absolute Gasteiger partial charge is 0.616 e. The molecule has 0 aliphatic rings. The van der Waals surface area contributed by atoms with Crippen molar-refractivity contribution in [3.05, 3.63) is 0 Å². The molecule has 2 atom stereocenters. The van der Waals surface area contributed by atoms with Crippen molar-refractivity contribution in [2.45, 2.75) is 153 Å². The molecule has 0 heterocycles. The SMILES string of the molecule is CCCCCCCCCCC(CCO)[S+]([O-])C(CCO)CCCCCCCCCC. The zero-order valence-corrected chi connectivity index (χ0v) is 21.2. The summed E-state index contributed by atoms with van der Waals surface area (Å²) < 4.78 is 13.2. The summed E-state index contributed by atoms with van der Waals surface area (Å²) in [6, 6.07) is 0. The lowest BCUT2D eigenvalue weighted by molar-refractivity contribution is 0.276. The van der Waals surface area contributed by atoms with Crippen molar-refractivity contribution in [1.29, 1.82) is 0 Å². The quantitative estimate of drug-likeness (QED) is 0.121. The highest BCUT2D eigenvalue weighted by molar-refractivity contribution is 7.92. The van der Waals surface area contributed by atoms with Crippen molar-refractivity contribution >= 4 is 11.2 Å². The third kappa shape index (κ3) is 17.9. The topological polar surface area (TPSA) is 63.5 Å². The molecule has 0 amide bonds. The molecule has 0 spiro atoms. The van der Waals surface area contributed by atoms with Crippen LogP contribution in [0, 0.1) is 0 Å². The maximum Gasteiger partial charge on any atom is 0.118 e. The van der Waals surface area contributed by atoms with Gasteiger partial charge in [-0.1, -0.05) is 104 Å². The van der Waals surface area contributed by atoms with Crippen LogP contribution in [-0.2, 0) is 11.2 Å². The van der Waals surface area contributed by atoms with Crippen molar-refractivity contribution in [3.8, 4) is 0 Å². The monoisotopic (exact) mass is 446 g/mol. The van der Waals surface area contributed by atoms with Gasteiger partial charge >= 0.3 is 0 Å². The predicted molar refractivity (Wildman–Crippen MR) is 134 cm³/mol. The second-order valence-corrected chi connectivity index (χ2v) is 11.1. The van der Waals surface area contributed by atoms with Gasteiger partial charge in [-0.3, -0.25) is 0 Å². The van der Waals surface area contributed by atoms with Crippen molar-refractivity contribution in [3.63, 3.8) is 0 Å². The van der Waals surface area contributed by atoms with Gasteiger partial charge in [0.15, 0.2) is 0 Å². The summed E-state index contributed by atoms with van der Waals surface area (Å²) >= 11 is -0.938. The number of hydrogen-bond donors (Lipinski definition) is 2. The fourth-order valence-corrected chi connectivity index (χ4v) is 6.34. The van der Waals surface area contributed by atoms with Gasteiger partial charge in [-0.15, -0.1) is 0 Å². The number of aliphatic hydroxyl groups is 2. The zero-order valence-electron chi connectivity index (χ0n) is 20.4. The smallest absolute Gasteiger partial charge is 0.118 e. The summed E-state index contributed by atoms with van der Waals surface area (Å²) in [5, 5.41) is 19.1. The molecular formula is C26H54O3S. The summed E-state index contributed by atoms with van der Waals surface area (Å²) in [5.41, 5.74) is 0. The first-order valence-corrected chi connectivity index (χ1v) is 14.6. The molecule has 0 aliphatic heterocycles. The molecule has 2 unspecified atom stereocenters. The Kier molecular flexibility index (Phi) is 24.1. The van der Waals surface area contributed by atoms with E-state index in [1.165, 1.54) is 89.9 Å². The first-order chi connectivity index (χ1) is 14.7. The first kappa shape index (κ1) is 30.2. The van der Waals surface area contributed by atoms with Crippen LogP contribution in [-0.4, -0.2) is 38.5 Å². The van der Waals surface area contributed by atoms with Gasteiger partial charge in [0.05, 0.1) is 0 Å². The van der Waals surface area contributed by atoms with Gasteiger partial charge in [0.1, 0.15) is 10.5 Å². The zero-order chi connectivity index (χ0) is 22.3. The van der Waals surface area contributed by atoms with Crippen LogP contribution >= 0.6 is 0 Å². The van der Waals surface area contributed by atoms with Gasteiger partial charge in [0, 0.05) is 26.1 Å². The van der Waals surface area contributed by atoms with Crippen LogP contribution < -0.4 is 0 Å². The van der Waals surface area contributed by atoms with E-state index in [9.17, 15) is 14.8 Å². The molecule has 182 valence electrons. The third-order valence-electron chi connectivity index (χ3n) is 6.32. The molecule has 0 radical (unpaired) electrons. The third-order valence-corrected chi connectivity index (χ3v) is 8.58. The molecule has 0 rings (SSSR count). The summed E-state index contributed by atoms with van der Waals surface area (Å²) in [7, 11) is 0. The van der Waals surface area contributed by atoms with Crippen molar-refractivity contribution in [2.24, 2.45) is 0 Å². The van der Waals surface area contributed by atoms with Gasteiger partial charge in [0.25, 0.3) is 0 Å². The van der Waals surface area contributed by atoms with Gasteiger partial charge in [0.2, 0.25) is 0 Å². The van der Waals surface area contributed by atoms with E-state index in [1.54, 1.807) is 0 Å². The first-order valence-electron chi connectivity index (χ1n) is 13.3. The lowest BCUT2D eigenvalue weighted by Crippen LogP contribution is -2.33. The number of aliphatic hydroxyl groups excluding tert-OH is 2. The molecule has 0 saturated carbocycles. The molecule has 3 nitrogen and oxygen atoms in total. The molecule has 0 aliphatic carbocycles. The minimum absolute atomic E-state index is 0.0979. The number of unbranched alkanes of at least 4 members (excludes halogenated alkanes) is 14. The molecule has 0 saturated heterocycles.